The number of carbonyl (C=O) groups excluding carboxylic acids is 3. The van der Waals surface area contributed by atoms with E-state index in [0.717, 1.165) is 24.5 Å². The molecule has 0 radical (unpaired) electrons. The second-order valence-corrected chi connectivity index (χ2v) is 8.36. The summed E-state index contributed by atoms with van der Waals surface area (Å²) in [7, 11) is 0. The summed E-state index contributed by atoms with van der Waals surface area (Å²) in [6, 6.07) is 10.8. The molecule has 1 aliphatic heterocycles. The smallest absolute Gasteiger partial charge is 0.319 e. The Morgan fingerprint density at radius 2 is 1.79 bits per heavy atom. The lowest BCUT2D eigenvalue weighted by molar-refractivity contribution is -0.131. The van der Waals surface area contributed by atoms with Gasteiger partial charge in [0, 0.05) is 62.6 Å². The number of pyridine rings is 1. The fraction of sp³-hybridized carbons (Fsp3) is 0.417. The Balaban J connectivity index is 1.41. The van der Waals surface area contributed by atoms with Crippen LogP contribution in [0.5, 0.6) is 0 Å². The van der Waals surface area contributed by atoms with Crippen molar-refractivity contribution >= 4 is 35.0 Å². The zero-order valence-corrected chi connectivity index (χ0v) is 19.4. The molecule has 0 aliphatic carbocycles. The van der Waals surface area contributed by atoms with E-state index in [-0.39, 0.29) is 30.7 Å². The van der Waals surface area contributed by atoms with Crippen molar-refractivity contribution in [3.8, 4) is 0 Å². The molecule has 9 heteroatoms. The van der Waals surface area contributed by atoms with Crippen LogP contribution in [0.2, 0.25) is 0 Å². The van der Waals surface area contributed by atoms with Crippen LogP contribution in [0, 0.1) is 12.8 Å². The van der Waals surface area contributed by atoms with Crippen LogP contribution >= 0.6 is 0 Å². The van der Waals surface area contributed by atoms with E-state index in [4.69, 9.17) is 0 Å². The Hall–Kier alpha value is -3.62. The molecular formula is C24H32N6O3. The van der Waals surface area contributed by atoms with E-state index in [1.165, 1.54) is 0 Å². The fourth-order valence-corrected chi connectivity index (χ4v) is 3.45. The van der Waals surface area contributed by atoms with E-state index in [2.05, 4.69) is 25.8 Å². The molecule has 1 saturated heterocycles. The van der Waals surface area contributed by atoms with Crippen molar-refractivity contribution in [2.45, 2.75) is 27.2 Å². The fourth-order valence-electron chi connectivity index (χ4n) is 3.45. The van der Waals surface area contributed by atoms with Gasteiger partial charge in [-0.25, -0.2) is 9.78 Å². The number of hydrogen-bond acceptors (Lipinski definition) is 5. The minimum atomic E-state index is -0.391. The van der Waals surface area contributed by atoms with E-state index in [1.807, 2.05) is 49.9 Å². The highest BCUT2D eigenvalue weighted by molar-refractivity contribution is 5.95. The minimum absolute atomic E-state index is 0.0190. The quantitative estimate of drug-likeness (QED) is 0.599. The lowest BCUT2D eigenvalue weighted by Gasteiger charge is -2.35. The molecule has 1 fully saturated rings. The molecule has 0 atom stereocenters. The number of hydrogen-bond donors (Lipinski definition) is 3. The monoisotopic (exact) mass is 452 g/mol. The molecule has 1 aromatic heterocycles. The standard InChI is InChI=1S/C24H32N6O3/c1-17(2)23(32)27-19-8-7-18(3)20(16-19)28-24(33)26-11-9-22(31)30-14-12-29(13-15-30)21-6-4-5-10-25-21/h4-8,10,16-17H,9,11-15H2,1-3H3,(H,27,32)(H2,26,28,33). The number of nitrogens with one attached hydrogen (secondary N) is 3. The second-order valence-electron chi connectivity index (χ2n) is 8.36. The average molecular weight is 453 g/mol. The Labute approximate surface area is 194 Å². The van der Waals surface area contributed by atoms with E-state index in [9.17, 15) is 14.4 Å². The van der Waals surface area contributed by atoms with Gasteiger partial charge in [-0.15, -0.1) is 0 Å². The number of urea groups is 1. The summed E-state index contributed by atoms with van der Waals surface area (Å²) in [6.07, 6.45) is 2.00. The largest absolute Gasteiger partial charge is 0.353 e. The predicted molar refractivity (Wildman–Crippen MR) is 129 cm³/mol. The number of piperazine rings is 1. The van der Waals surface area contributed by atoms with Gasteiger partial charge in [-0.1, -0.05) is 26.0 Å². The number of amides is 4. The van der Waals surface area contributed by atoms with Crippen LogP contribution in [0.15, 0.2) is 42.6 Å². The van der Waals surface area contributed by atoms with Crippen LogP contribution in [-0.4, -0.2) is 60.5 Å². The van der Waals surface area contributed by atoms with Crippen LogP contribution in [0.25, 0.3) is 0 Å². The van der Waals surface area contributed by atoms with Crippen LogP contribution in [-0.2, 0) is 9.59 Å². The average Bonchev–Trinajstić information content (AvgIpc) is 2.81. The summed E-state index contributed by atoms with van der Waals surface area (Å²) in [5, 5.41) is 8.35. The molecule has 4 amide bonds. The van der Waals surface area contributed by atoms with Crippen molar-refractivity contribution in [2.24, 2.45) is 5.92 Å². The van der Waals surface area contributed by atoms with Crippen LogP contribution in [0.4, 0.5) is 22.0 Å². The highest BCUT2D eigenvalue weighted by atomic mass is 16.2. The molecule has 0 unspecified atom stereocenters. The Morgan fingerprint density at radius 1 is 1.03 bits per heavy atom. The van der Waals surface area contributed by atoms with Crippen LogP contribution in [0.1, 0.15) is 25.8 Å². The number of rotatable bonds is 7. The zero-order chi connectivity index (χ0) is 23.8. The number of aryl methyl sites for hydroxylation is 1. The van der Waals surface area contributed by atoms with Crippen LogP contribution < -0.4 is 20.9 Å². The number of anilines is 3. The maximum Gasteiger partial charge on any atom is 0.319 e. The van der Waals surface area contributed by atoms with Crippen molar-refractivity contribution in [2.75, 3.05) is 48.3 Å². The SMILES string of the molecule is Cc1ccc(NC(=O)C(C)C)cc1NC(=O)NCCC(=O)N1CCN(c2ccccn2)CC1. The number of benzene rings is 1. The third-order valence-corrected chi connectivity index (χ3v) is 5.51. The van der Waals surface area contributed by atoms with Gasteiger partial charge in [0.1, 0.15) is 5.82 Å². The predicted octanol–water partition coefficient (Wildman–Crippen LogP) is 2.84. The van der Waals surface area contributed by atoms with Gasteiger partial charge in [0.05, 0.1) is 0 Å². The summed E-state index contributed by atoms with van der Waals surface area (Å²) >= 11 is 0. The number of carbonyl (C=O) groups is 3. The summed E-state index contributed by atoms with van der Waals surface area (Å²) < 4.78 is 0. The van der Waals surface area contributed by atoms with E-state index >= 15 is 0 Å². The molecule has 3 N–H and O–H groups in total. The number of aromatic nitrogens is 1. The Kier molecular flexibility index (Phi) is 8.23. The molecule has 33 heavy (non-hydrogen) atoms. The molecule has 0 spiro atoms. The van der Waals surface area contributed by atoms with E-state index < -0.39 is 6.03 Å². The second kappa shape index (κ2) is 11.3. The molecule has 3 rings (SSSR count). The van der Waals surface area contributed by atoms with Crippen molar-refractivity contribution < 1.29 is 14.4 Å². The zero-order valence-electron chi connectivity index (χ0n) is 19.4. The summed E-state index contributed by atoms with van der Waals surface area (Å²) in [5.41, 5.74) is 2.09. The van der Waals surface area contributed by atoms with Gasteiger partial charge in [-0.3, -0.25) is 9.59 Å². The van der Waals surface area contributed by atoms with Gasteiger partial charge in [0.2, 0.25) is 11.8 Å². The molecule has 2 aromatic rings. The molecule has 0 bridgehead atoms. The first-order valence-corrected chi connectivity index (χ1v) is 11.2. The van der Waals surface area contributed by atoms with Gasteiger partial charge in [-0.05, 0) is 36.8 Å². The summed E-state index contributed by atoms with van der Waals surface area (Å²) in [5.74, 6) is 0.715. The first-order chi connectivity index (χ1) is 15.8. The molecule has 1 aromatic carbocycles. The topological polar surface area (TPSA) is 107 Å². The first kappa shape index (κ1) is 24.0. The summed E-state index contributed by atoms with van der Waals surface area (Å²) in [6.45, 7) is 8.49. The van der Waals surface area contributed by atoms with E-state index in [1.54, 1.807) is 18.3 Å². The maximum atomic E-state index is 12.5. The lowest BCUT2D eigenvalue weighted by Crippen LogP contribution is -2.49. The first-order valence-electron chi connectivity index (χ1n) is 11.2. The molecular weight excluding hydrogens is 420 g/mol. The normalized spacial score (nSPS) is 13.6. The van der Waals surface area contributed by atoms with Gasteiger partial charge in [-0.2, -0.15) is 0 Å². The Morgan fingerprint density at radius 3 is 2.45 bits per heavy atom. The van der Waals surface area contributed by atoms with Crippen molar-refractivity contribution in [1.29, 1.82) is 0 Å². The highest BCUT2D eigenvalue weighted by Gasteiger charge is 2.21. The highest BCUT2D eigenvalue weighted by Crippen LogP contribution is 2.21. The van der Waals surface area contributed by atoms with Gasteiger partial charge >= 0.3 is 6.03 Å². The minimum Gasteiger partial charge on any atom is -0.353 e. The summed E-state index contributed by atoms with van der Waals surface area (Å²) in [4.78, 5) is 45.1. The molecule has 0 saturated carbocycles. The van der Waals surface area contributed by atoms with Gasteiger partial charge < -0.3 is 25.8 Å². The van der Waals surface area contributed by atoms with Crippen molar-refractivity contribution in [1.82, 2.24) is 15.2 Å². The molecule has 9 nitrogen and oxygen atoms in total. The van der Waals surface area contributed by atoms with Gasteiger partial charge in [0.25, 0.3) is 0 Å². The molecule has 2 heterocycles. The maximum absolute atomic E-state index is 12.5. The van der Waals surface area contributed by atoms with Crippen molar-refractivity contribution in [3.63, 3.8) is 0 Å². The third kappa shape index (κ3) is 6.93. The third-order valence-electron chi connectivity index (χ3n) is 5.51. The van der Waals surface area contributed by atoms with E-state index in [0.29, 0.717) is 24.5 Å². The number of nitrogens with zero attached hydrogens (tertiary/aromatic N) is 3. The van der Waals surface area contributed by atoms with Crippen LogP contribution in [0.3, 0.4) is 0 Å². The lowest BCUT2D eigenvalue weighted by atomic mass is 10.1. The Bertz CT molecular complexity index is 971. The molecule has 176 valence electrons. The van der Waals surface area contributed by atoms with Gasteiger partial charge in [0.15, 0.2) is 0 Å². The molecule has 1 aliphatic rings. The van der Waals surface area contributed by atoms with Crippen molar-refractivity contribution in [3.05, 3.63) is 48.2 Å².